The number of nitrogens with one attached hydrogen (secondary N) is 1. The summed E-state index contributed by atoms with van der Waals surface area (Å²) in [4.78, 5) is 25.7. The molecule has 1 saturated carbocycles. The largest absolute Gasteiger partial charge is 0.370 e. The Morgan fingerprint density at radius 2 is 1.95 bits per heavy atom. The number of nitrogens with zero attached hydrogens (tertiary/aromatic N) is 1. The van der Waals surface area contributed by atoms with Gasteiger partial charge in [0.15, 0.2) is 0 Å². The molecule has 0 radical (unpaired) electrons. The van der Waals surface area contributed by atoms with Gasteiger partial charge in [0, 0.05) is 6.54 Å². The maximum Gasteiger partial charge on any atom is 0.248 e. The number of ether oxygens (including phenoxy) is 1. The average molecular weight is 280 g/mol. The second-order valence-electron chi connectivity index (χ2n) is 7.03. The first-order valence-electron chi connectivity index (χ1n) is 7.68. The Labute approximate surface area is 120 Å². The third kappa shape index (κ3) is 2.43. The van der Waals surface area contributed by atoms with Crippen LogP contribution in [-0.2, 0) is 14.3 Å². The lowest BCUT2D eigenvalue weighted by molar-refractivity contribution is -0.151. The van der Waals surface area contributed by atoms with E-state index in [-0.39, 0.29) is 30.1 Å². The first kappa shape index (κ1) is 13.9. The highest BCUT2D eigenvalue weighted by Gasteiger charge is 2.45. The van der Waals surface area contributed by atoms with Crippen molar-refractivity contribution in [1.29, 1.82) is 0 Å². The summed E-state index contributed by atoms with van der Waals surface area (Å²) in [5.41, 5.74) is -0.708. The monoisotopic (exact) mass is 280 g/mol. The predicted molar refractivity (Wildman–Crippen MR) is 74.1 cm³/mol. The quantitative estimate of drug-likeness (QED) is 0.827. The fourth-order valence-electron chi connectivity index (χ4n) is 3.89. The summed E-state index contributed by atoms with van der Waals surface area (Å²) in [6.45, 7) is 4.23. The number of hydrogen-bond donors (Lipinski definition) is 1. The normalized spacial score (nSPS) is 31.9. The van der Waals surface area contributed by atoms with E-state index >= 15 is 0 Å². The molecule has 2 saturated heterocycles. The molecule has 1 atom stereocenters. The van der Waals surface area contributed by atoms with E-state index in [1.54, 1.807) is 18.7 Å². The minimum Gasteiger partial charge on any atom is -0.370 e. The maximum atomic E-state index is 12.3. The van der Waals surface area contributed by atoms with Gasteiger partial charge in [0.2, 0.25) is 11.8 Å². The van der Waals surface area contributed by atoms with E-state index in [1.807, 2.05) is 0 Å². The van der Waals surface area contributed by atoms with Crippen LogP contribution in [0, 0.1) is 0 Å². The van der Waals surface area contributed by atoms with Crippen LogP contribution < -0.4 is 5.32 Å². The lowest BCUT2D eigenvalue weighted by atomic mass is 9.98. The van der Waals surface area contributed by atoms with Crippen molar-refractivity contribution in [1.82, 2.24) is 10.2 Å². The molecule has 1 spiro atoms. The van der Waals surface area contributed by atoms with Crippen LogP contribution in [0.3, 0.4) is 0 Å². The van der Waals surface area contributed by atoms with Gasteiger partial charge in [-0.1, -0.05) is 12.8 Å². The van der Waals surface area contributed by atoms with Crippen LogP contribution in [0.25, 0.3) is 0 Å². The van der Waals surface area contributed by atoms with E-state index in [1.165, 1.54) is 12.8 Å². The zero-order chi connectivity index (χ0) is 14.4. The van der Waals surface area contributed by atoms with Gasteiger partial charge >= 0.3 is 0 Å². The van der Waals surface area contributed by atoms with Gasteiger partial charge in [-0.05, 0) is 39.5 Å². The lowest BCUT2D eigenvalue weighted by Gasteiger charge is -2.38. The van der Waals surface area contributed by atoms with Gasteiger partial charge in [0.05, 0.1) is 18.2 Å². The second-order valence-corrected chi connectivity index (χ2v) is 7.03. The van der Waals surface area contributed by atoms with Gasteiger partial charge in [0.25, 0.3) is 0 Å². The SMILES string of the molecule is CC1(C)NC(=O)CN(CC2CCC3(CCCC3)O2)C1=O. The Hall–Kier alpha value is -1.10. The van der Waals surface area contributed by atoms with Crippen LogP contribution in [0.5, 0.6) is 0 Å². The highest BCUT2D eigenvalue weighted by molar-refractivity contribution is 5.97. The van der Waals surface area contributed by atoms with Crippen molar-refractivity contribution in [3.05, 3.63) is 0 Å². The zero-order valence-corrected chi connectivity index (χ0v) is 12.4. The van der Waals surface area contributed by atoms with Crippen molar-refractivity contribution >= 4 is 11.8 Å². The molecular weight excluding hydrogens is 256 g/mol. The Balaban J connectivity index is 1.63. The summed E-state index contributed by atoms with van der Waals surface area (Å²) in [5.74, 6) is -0.0868. The topological polar surface area (TPSA) is 58.6 Å². The number of piperazine rings is 1. The van der Waals surface area contributed by atoms with Crippen LogP contribution in [0.15, 0.2) is 0 Å². The van der Waals surface area contributed by atoms with Crippen molar-refractivity contribution in [3.8, 4) is 0 Å². The molecule has 5 nitrogen and oxygen atoms in total. The van der Waals surface area contributed by atoms with Gasteiger partial charge < -0.3 is 15.0 Å². The Morgan fingerprint density at radius 1 is 1.25 bits per heavy atom. The highest BCUT2D eigenvalue weighted by Crippen LogP contribution is 2.43. The zero-order valence-electron chi connectivity index (χ0n) is 12.4. The number of rotatable bonds is 2. The third-order valence-electron chi connectivity index (χ3n) is 4.89. The lowest BCUT2D eigenvalue weighted by Crippen LogP contribution is -2.64. The standard InChI is InChI=1S/C15H24N2O3/c1-14(2)13(19)17(10-12(18)16-14)9-11-5-8-15(20-11)6-3-4-7-15/h11H,3-10H2,1-2H3,(H,16,18). The summed E-state index contributed by atoms with van der Waals surface area (Å²) in [6.07, 6.45) is 7.03. The molecule has 20 heavy (non-hydrogen) atoms. The van der Waals surface area contributed by atoms with Crippen molar-refractivity contribution in [3.63, 3.8) is 0 Å². The molecule has 3 aliphatic rings. The molecular formula is C15H24N2O3. The van der Waals surface area contributed by atoms with E-state index in [4.69, 9.17) is 4.74 Å². The summed E-state index contributed by atoms with van der Waals surface area (Å²) in [5, 5.41) is 2.74. The van der Waals surface area contributed by atoms with Crippen LogP contribution in [0.1, 0.15) is 52.4 Å². The van der Waals surface area contributed by atoms with E-state index in [2.05, 4.69) is 5.32 Å². The number of amides is 2. The summed E-state index contributed by atoms with van der Waals surface area (Å²) < 4.78 is 6.24. The predicted octanol–water partition coefficient (Wildman–Crippen LogP) is 1.22. The Bertz CT molecular complexity index is 427. The van der Waals surface area contributed by atoms with E-state index in [9.17, 15) is 9.59 Å². The van der Waals surface area contributed by atoms with Gasteiger partial charge in [-0.2, -0.15) is 0 Å². The second kappa shape index (κ2) is 4.72. The van der Waals surface area contributed by atoms with Crippen molar-refractivity contribution < 1.29 is 14.3 Å². The summed E-state index contributed by atoms with van der Waals surface area (Å²) in [6, 6.07) is 0. The summed E-state index contributed by atoms with van der Waals surface area (Å²) >= 11 is 0. The molecule has 1 unspecified atom stereocenters. The highest BCUT2D eigenvalue weighted by atomic mass is 16.5. The van der Waals surface area contributed by atoms with Gasteiger partial charge in [-0.3, -0.25) is 9.59 Å². The van der Waals surface area contributed by atoms with Crippen LogP contribution in [-0.4, -0.2) is 47.0 Å². The minimum atomic E-state index is -0.793. The molecule has 112 valence electrons. The van der Waals surface area contributed by atoms with Gasteiger partial charge in [-0.15, -0.1) is 0 Å². The number of carbonyl (C=O) groups excluding carboxylic acids is 2. The molecule has 0 aromatic carbocycles. The molecule has 0 bridgehead atoms. The molecule has 3 fully saturated rings. The molecule has 0 aromatic heterocycles. The van der Waals surface area contributed by atoms with E-state index in [0.717, 1.165) is 25.7 Å². The van der Waals surface area contributed by atoms with Crippen molar-refractivity contribution in [2.24, 2.45) is 0 Å². The Morgan fingerprint density at radius 3 is 2.65 bits per heavy atom. The van der Waals surface area contributed by atoms with E-state index in [0.29, 0.717) is 6.54 Å². The minimum absolute atomic E-state index is 0.00641. The molecule has 2 aliphatic heterocycles. The van der Waals surface area contributed by atoms with Crippen LogP contribution in [0.2, 0.25) is 0 Å². The molecule has 2 heterocycles. The molecule has 1 N–H and O–H groups in total. The number of carbonyl (C=O) groups is 2. The van der Waals surface area contributed by atoms with Gasteiger partial charge in [0.1, 0.15) is 5.54 Å². The van der Waals surface area contributed by atoms with E-state index < -0.39 is 5.54 Å². The first-order valence-corrected chi connectivity index (χ1v) is 7.68. The molecule has 1 aliphatic carbocycles. The average Bonchev–Trinajstić information content (AvgIpc) is 2.96. The Kier molecular flexibility index (Phi) is 3.27. The van der Waals surface area contributed by atoms with Crippen molar-refractivity contribution in [2.75, 3.05) is 13.1 Å². The fourth-order valence-corrected chi connectivity index (χ4v) is 3.89. The molecule has 0 aromatic rings. The smallest absolute Gasteiger partial charge is 0.248 e. The first-order chi connectivity index (χ1) is 9.40. The molecule has 3 rings (SSSR count). The van der Waals surface area contributed by atoms with Crippen LogP contribution >= 0.6 is 0 Å². The van der Waals surface area contributed by atoms with Crippen molar-refractivity contribution in [2.45, 2.75) is 69.6 Å². The third-order valence-corrected chi connectivity index (χ3v) is 4.89. The molecule has 2 amide bonds. The maximum absolute atomic E-state index is 12.3. The van der Waals surface area contributed by atoms with Gasteiger partial charge in [-0.25, -0.2) is 0 Å². The fraction of sp³-hybridized carbons (Fsp3) is 0.867. The molecule has 5 heteroatoms. The number of hydrogen-bond acceptors (Lipinski definition) is 3. The van der Waals surface area contributed by atoms with Crippen LogP contribution in [0.4, 0.5) is 0 Å². The summed E-state index contributed by atoms with van der Waals surface area (Å²) in [7, 11) is 0.